The van der Waals surface area contributed by atoms with Gasteiger partial charge < -0.3 is 5.32 Å². The van der Waals surface area contributed by atoms with Gasteiger partial charge in [0.15, 0.2) is 0 Å². The molecule has 3 aromatic carbocycles. The van der Waals surface area contributed by atoms with Crippen LogP contribution in [0.5, 0.6) is 0 Å². The van der Waals surface area contributed by atoms with Crippen LogP contribution < -0.4 is 9.62 Å². The Hall–Kier alpha value is -2.64. The SMILES string of the molecule is CC[C@@H](C(=O)Nc1cccc2ccccc12)N(c1ccc(F)c(Cl)c1)S(C)(=O)=O. The molecule has 0 aliphatic carbocycles. The molecule has 1 N–H and O–H groups in total. The van der Waals surface area contributed by atoms with E-state index in [2.05, 4.69) is 5.32 Å². The fourth-order valence-electron chi connectivity index (χ4n) is 3.23. The highest BCUT2D eigenvalue weighted by molar-refractivity contribution is 7.92. The maximum Gasteiger partial charge on any atom is 0.248 e. The highest BCUT2D eigenvalue weighted by Gasteiger charge is 2.32. The first-order valence-corrected chi connectivity index (χ1v) is 11.2. The molecule has 1 atom stereocenters. The Balaban J connectivity index is 2.00. The maximum absolute atomic E-state index is 13.6. The zero-order valence-corrected chi connectivity index (χ0v) is 17.5. The van der Waals surface area contributed by atoms with E-state index in [4.69, 9.17) is 11.6 Å². The number of rotatable bonds is 6. The number of sulfonamides is 1. The number of nitrogens with one attached hydrogen (secondary N) is 1. The Labute approximate surface area is 174 Å². The molecule has 152 valence electrons. The number of carbonyl (C=O) groups is 1. The Morgan fingerprint density at radius 3 is 2.48 bits per heavy atom. The summed E-state index contributed by atoms with van der Waals surface area (Å²) in [5, 5.41) is 4.40. The summed E-state index contributed by atoms with van der Waals surface area (Å²) < 4.78 is 39.5. The standard InChI is InChI=1S/C21H20ClFN2O3S/c1-3-20(25(29(2,27)28)15-11-12-18(23)17(22)13-15)21(26)24-19-10-6-8-14-7-4-5-9-16(14)19/h4-13,20H,3H2,1-2H3,(H,24,26)/t20-/m0/s1. The minimum absolute atomic E-state index is 0.124. The van der Waals surface area contributed by atoms with Gasteiger partial charge in [0, 0.05) is 11.1 Å². The van der Waals surface area contributed by atoms with Gasteiger partial charge in [-0.25, -0.2) is 12.8 Å². The van der Waals surface area contributed by atoms with E-state index in [1.165, 1.54) is 12.1 Å². The summed E-state index contributed by atoms with van der Waals surface area (Å²) in [6, 6.07) is 15.6. The summed E-state index contributed by atoms with van der Waals surface area (Å²) in [6.07, 6.45) is 1.21. The molecule has 0 unspecified atom stereocenters. The van der Waals surface area contributed by atoms with Crippen molar-refractivity contribution in [1.82, 2.24) is 0 Å². The van der Waals surface area contributed by atoms with Crippen molar-refractivity contribution in [2.45, 2.75) is 19.4 Å². The van der Waals surface area contributed by atoms with Gasteiger partial charge in [0.25, 0.3) is 0 Å². The van der Waals surface area contributed by atoms with E-state index in [0.29, 0.717) is 5.69 Å². The van der Waals surface area contributed by atoms with E-state index < -0.39 is 27.8 Å². The van der Waals surface area contributed by atoms with Crippen molar-refractivity contribution in [2.75, 3.05) is 15.9 Å². The quantitative estimate of drug-likeness (QED) is 0.605. The normalized spacial score (nSPS) is 12.6. The first-order chi connectivity index (χ1) is 13.7. The van der Waals surface area contributed by atoms with Crippen LogP contribution in [-0.2, 0) is 14.8 Å². The number of hydrogen-bond donors (Lipinski definition) is 1. The highest BCUT2D eigenvalue weighted by atomic mass is 35.5. The van der Waals surface area contributed by atoms with E-state index in [9.17, 15) is 17.6 Å². The second-order valence-electron chi connectivity index (χ2n) is 6.60. The topological polar surface area (TPSA) is 66.5 Å². The van der Waals surface area contributed by atoms with E-state index in [1.54, 1.807) is 13.0 Å². The molecule has 0 fully saturated rings. The first-order valence-electron chi connectivity index (χ1n) is 8.95. The van der Waals surface area contributed by atoms with E-state index >= 15 is 0 Å². The number of amides is 1. The Kier molecular flexibility index (Phi) is 6.10. The van der Waals surface area contributed by atoms with Gasteiger partial charge in [0.05, 0.1) is 17.0 Å². The van der Waals surface area contributed by atoms with Gasteiger partial charge in [-0.2, -0.15) is 0 Å². The number of anilines is 2. The van der Waals surface area contributed by atoms with Crippen molar-refractivity contribution < 1.29 is 17.6 Å². The van der Waals surface area contributed by atoms with E-state index in [-0.39, 0.29) is 17.1 Å². The molecule has 0 radical (unpaired) electrons. The molecule has 0 aliphatic heterocycles. The van der Waals surface area contributed by atoms with Gasteiger partial charge in [-0.1, -0.05) is 54.9 Å². The van der Waals surface area contributed by atoms with Gasteiger partial charge in [-0.3, -0.25) is 9.10 Å². The van der Waals surface area contributed by atoms with Crippen LogP contribution in [0.15, 0.2) is 60.7 Å². The van der Waals surface area contributed by atoms with Gasteiger partial charge in [-0.05, 0) is 36.1 Å². The third-order valence-electron chi connectivity index (χ3n) is 4.53. The van der Waals surface area contributed by atoms with E-state index in [0.717, 1.165) is 27.4 Å². The molecule has 0 saturated carbocycles. The van der Waals surface area contributed by atoms with Crippen molar-refractivity contribution in [3.63, 3.8) is 0 Å². The molecular weight excluding hydrogens is 415 g/mol. The third kappa shape index (κ3) is 4.52. The molecule has 29 heavy (non-hydrogen) atoms. The maximum atomic E-state index is 13.6. The molecule has 0 heterocycles. The summed E-state index contributed by atoms with van der Waals surface area (Å²) in [4.78, 5) is 13.1. The Bertz CT molecular complexity index is 1160. The number of nitrogens with zero attached hydrogens (tertiary/aromatic N) is 1. The van der Waals surface area contributed by atoms with Crippen molar-refractivity contribution in [3.8, 4) is 0 Å². The summed E-state index contributed by atoms with van der Waals surface area (Å²) >= 11 is 5.83. The zero-order chi connectivity index (χ0) is 21.2. The van der Waals surface area contributed by atoms with Crippen LogP contribution in [0.1, 0.15) is 13.3 Å². The van der Waals surface area contributed by atoms with Crippen LogP contribution in [0.2, 0.25) is 5.02 Å². The van der Waals surface area contributed by atoms with Crippen LogP contribution in [0.25, 0.3) is 10.8 Å². The van der Waals surface area contributed by atoms with Crippen LogP contribution in [0, 0.1) is 5.82 Å². The van der Waals surface area contributed by atoms with Crippen LogP contribution in [-0.4, -0.2) is 26.6 Å². The lowest BCUT2D eigenvalue weighted by molar-refractivity contribution is -0.117. The van der Waals surface area contributed by atoms with Crippen LogP contribution in [0.4, 0.5) is 15.8 Å². The second kappa shape index (κ2) is 8.39. The molecule has 0 saturated heterocycles. The number of benzene rings is 3. The monoisotopic (exact) mass is 434 g/mol. The molecule has 0 aliphatic rings. The first kappa shape index (κ1) is 21.1. The fourth-order valence-corrected chi connectivity index (χ4v) is 4.61. The number of carbonyl (C=O) groups excluding carboxylic acids is 1. The Morgan fingerprint density at radius 2 is 1.83 bits per heavy atom. The average molecular weight is 435 g/mol. The fraction of sp³-hybridized carbons (Fsp3) is 0.190. The lowest BCUT2D eigenvalue weighted by atomic mass is 10.1. The van der Waals surface area contributed by atoms with Gasteiger partial charge >= 0.3 is 0 Å². The lowest BCUT2D eigenvalue weighted by Gasteiger charge is -2.30. The summed E-state index contributed by atoms with van der Waals surface area (Å²) in [7, 11) is -3.85. The molecular formula is C21H20ClFN2O3S. The molecule has 0 spiro atoms. The largest absolute Gasteiger partial charge is 0.324 e. The smallest absolute Gasteiger partial charge is 0.248 e. The number of halogens is 2. The molecule has 0 aromatic heterocycles. The zero-order valence-electron chi connectivity index (χ0n) is 15.9. The molecule has 5 nitrogen and oxygen atoms in total. The minimum Gasteiger partial charge on any atom is -0.324 e. The molecule has 3 aromatic rings. The molecule has 0 bridgehead atoms. The average Bonchev–Trinajstić information content (AvgIpc) is 2.67. The predicted octanol–water partition coefficient (Wildman–Crippen LogP) is 4.82. The Morgan fingerprint density at radius 1 is 1.14 bits per heavy atom. The van der Waals surface area contributed by atoms with Crippen LogP contribution >= 0.6 is 11.6 Å². The van der Waals surface area contributed by atoms with Crippen molar-refractivity contribution in [3.05, 3.63) is 71.5 Å². The van der Waals surface area contributed by atoms with Gasteiger partial charge in [0.2, 0.25) is 15.9 Å². The lowest BCUT2D eigenvalue weighted by Crippen LogP contribution is -2.47. The highest BCUT2D eigenvalue weighted by Crippen LogP contribution is 2.29. The molecule has 1 amide bonds. The minimum atomic E-state index is -3.85. The second-order valence-corrected chi connectivity index (χ2v) is 8.86. The summed E-state index contributed by atoms with van der Waals surface area (Å²) in [5.74, 6) is -1.16. The number of fused-ring (bicyclic) bond motifs is 1. The van der Waals surface area contributed by atoms with Gasteiger partial charge in [0.1, 0.15) is 11.9 Å². The third-order valence-corrected chi connectivity index (χ3v) is 6.00. The van der Waals surface area contributed by atoms with Crippen LogP contribution in [0.3, 0.4) is 0 Å². The van der Waals surface area contributed by atoms with Crippen molar-refractivity contribution >= 4 is 49.7 Å². The van der Waals surface area contributed by atoms with E-state index in [1.807, 2.05) is 36.4 Å². The summed E-state index contributed by atoms with van der Waals surface area (Å²) in [6.45, 7) is 1.71. The number of hydrogen-bond acceptors (Lipinski definition) is 3. The van der Waals surface area contributed by atoms with Crippen molar-refractivity contribution in [1.29, 1.82) is 0 Å². The molecule has 8 heteroatoms. The van der Waals surface area contributed by atoms with Gasteiger partial charge in [-0.15, -0.1) is 0 Å². The van der Waals surface area contributed by atoms with Crippen molar-refractivity contribution in [2.24, 2.45) is 0 Å². The predicted molar refractivity (Wildman–Crippen MR) is 115 cm³/mol. The molecule has 3 rings (SSSR count). The summed E-state index contributed by atoms with van der Waals surface area (Å²) in [5.41, 5.74) is 0.705.